The van der Waals surface area contributed by atoms with E-state index in [1.807, 2.05) is 24.3 Å². The number of carbonyl (C=O) groups excluding carboxylic acids is 2. The summed E-state index contributed by atoms with van der Waals surface area (Å²) in [7, 11) is -2.06. The van der Waals surface area contributed by atoms with E-state index in [9.17, 15) is 9.59 Å². The van der Waals surface area contributed by atoms with E-state index in [1.165, 1.54) is 0 Å². The number of carbonyl (C=O) groups is 2. The zero-order valence-electron chi connectivity index (χ0n) is 15.3. The highest BCUT2D eigenvalue weighted by atomic mass is 28.3. The third kappa shape index (κ3) is 2.59. The number of anilines is 2. The summed E-state index contributed by atoms with van der Waals surface area (Å²) in [4.78, 5) is 23.1. The molecular formula is C20H23NO3Si. The standard InChI is InChI=1S/C20H23NO3Si/c1-20(2,3)25(4,5)21-16-10-6-8-14(12-22)18(16)24-19-15(13-23)9-7-11-17(19)21/h6-13H,1-5H3. The first-order chi connectivity index (χ1) is 11.7. The van der Waals surface area contributed by atoms with Gasteiger partial charge in [0.05, 0.1) is 22.5 Å². The molecule has 0 saturated carbocycles. The summed E-state index contributed by atoms with van der Waals surface area (Å²) >= 11 is 0. The predicted octanol–water partition coefficient (Wildman–Crippen LogP) is 5.56. The second-order valence-corrected chi connectivity index (χ2v) is 12.9. The molecule has 3 rings (SSSR count). The van der Waals surface area contributed by atoms with Crippen LogP contribution in [0.5, 0.6) is 11.5 Å². The molecule has 130 valence electrons. The van der Waals surface area contributed by atoms with E-state index in [2.05, 4.69) is 38.4 Å². The minimum Gasteiger partial charge on any atom is -0.452 e. The molecule has 5 heteroatoms. The van der Waals surface area contributed by atoms with Gasteiger partial charge in [0, 0.05) is 0 Å². The van der Waals surface area contributed by atoms with Gasteiger partial charge in [-0.25, -0.2) is 0 Å². The number of hydrogen-bond acceptors (Lipinski definition) is 4. The van der Waals surface area contributed by atoms with Crippen LogP contribution in [-0.2, 0) is 0 Å². The smallest absolute Gasteiger partial charge is 0.162 e. The summed E-state index contributed by atoms with van der Waals surface area (Å²) in [6.07, 6.45) is 1.61. The highest BCUT2D eigenvalue weighted by Crippen LogP contribution is 2.54. The van der Waals surface area contributed by atoms with Crippen LogP contribution in [0.1, 0.15) is 41.5 Å². The lowest BCUT2D eigenvalue weighted by atomic mass is 10.1. The normalized spacial score (nSPS) is 13.6. The maximum Gasteiger partial charge on any atom is 0.162 e. The fourth-order valence-electron chi connectivity index (χ4n) is 3.01. The van der Waals surface area contributed by atoms with Crippen LogP contribution >= 0.6 is 0 Å². The molecule has 0 bridgehead atoms. The quantitative estimate of drug-likeness (QED) is 0.535. The number of rotatable bonds is 3. The Kier molecular flexibility index (Phi) is 4.07. The summed E-state index contributed by atoms with van der Waals surface area (Å²) in [6.45, 7) is 11.3. The highest BCUT2D eigenvalue weighted by Gasteiger charge is 2.46. The second-order valence-electron chi connectivity index (χ2n) is 7.87. The molecule has 1 aliphatic heterocycles. The minimum atomic E-state index is -2.06. The Bertz CT molecular complexity index is 795. The number of para-hydroxylation sites is 2. The Morgan fingerprint density at radius 1 is 0.880 bits per heavy atom. The molecular weight excluding hydrogens is 330 g/mol. The van der Waals surface area contributed by atoms with Gasteiger partial charge in [0.25, 0.3) is 0 Å². The maximum absolute atomic E-state index is 11.5. The average molecular weight is 353 g/mol. The number of ether oxygens (including phenoxy) is 1. The lowest BCUT2D eigenvalue weighted by Gasteiger charge is -2.49. The molecule has 0 atom stereocenters. The SMILES string of the molecule is CC(C)(C)[Si](C)(C)N1c2cccc(C=O)c2Oc2c(C=O)cccc21. The van der Waals surface area contributed by atoms with E-state index in [0.717, 1.165) is 23.9 Å². The van der Waals surface area contributed by atoms with Gasteiger partial charge >= 0.3 is 0 Å². The Labute approximate surface area is 149 Å². The molecule has 0 saturated heterocycles. The van der Waals surface area contributed by atoms with E-state index >= 15 is 0 Å². The van der Waals surface area contributed by atoms with Crippen LogP contribution in [0.3, 0.4) is 0 Å². The molecule has 0 spiro atoms. The van der Waals surface area contributed by atoms with Crippen LogP contribution < -0.4 is 9.30 Å². The monoisotopic (exact) mass is 353 g/mol. The van der Waals surface area contributed by atoms with Crippen LogP contribution in [0.4, 0.5) is 11.4 Å². The van der Waals surface area contributed by atoms with Gasteiger partial charge in [-0.05, 0) is 29.3 Å². The van der Waals surface area contributed by atoms with Crippen LogP contribution in [0.15, 0.2) is 36.4 Å². The molecule has 0 unspecified atom stereocenters. The molecule has 2 aromatic carbocycles. The van der Waals surface area contributed by atoms with Crippen LogP contribution in [0, 0.1) is 0 Å². The number of aldehydes is 2. The van der Waals surface area contributed by atoms with Crippen molar-refractivity contribution < 1.29 is 14.3 Å². The first-order valence-corrected chi connectivity index (χ1v) is 11.3. The maximum atomic E-state index is 11.5. The van der Waals surface area contributed by atoms with Crippen molar-refractivity contribution in [2.45, 2.75) is 38.9 Å². The first-order valence-electron chi connectivity index (χ1n) is 8.37. The summed E-state index contributed by atoms with van der Waals surface area (Å²) in [5.41, 5.74) is 2.78. The van der Waals surface area contributed by atoms with Gasteiger partial charge in [-0.1, -0.05) is 46.0 Å². The molecule has 1 heterocycles. The highest BCUT2D eigenvalue weighted by molar-refractivity contribution is 6.85. The third-order valence-corrected chi connectivity index (χ3v) is 10.7. The fourth-order valence-corrected chi connectivity index (χ4v) is 5.24. The Hall–Kier alpha value is -2.40. The van der Waals surface area contributed by atoms with Gasteiger partial charge < -0.3 is 9.30 Å². The zero-order valence-corrected chi connectivity index (χ0v) is 16.3. The van der Waals surface area contributed by atoms with Gasteiger partial charge in [0.1, 0.15) is 0 Å². The molecule has 2 aromatic rings. The molecule has 1 aliphatic rings. The number of hydrogen-bond donors (Lipinski definition) is 0. The number of benzene rings is 2. The molecule has 0 radical (unpaired) electrons. The van der Waals surface area contributed by atoms with Crippen LogP contribution in [0.2, 0.25) is 18.1 Å². The van der Waals surface area contributed by atoms with E-state index in [0.29, 0.717) is 22.6 Å². The Morgan fingerprint density at radius 3 is 1.68 bits per heavy atom. The molecule has 0 N–H and O–H groups in total. The topological polar surface area (TPSA) is 46.6 Å². The summed E-state index contributed by atoms with van der Waals surface area (Å²) in [6, 6.07) is 11.2. The lowest BCUT2D eigenvalue weighted by Crippen LogP contribution is -2.53. The van der Waals surface area contributed by atoms with Gasteiger partial charge in [0.15, 0.2) is 32.3 Å². The van der Waals surface area contributed by atoms with E-state index in [1.54, 1.807) is 12.1 Å². The van der Waals surface area contributed by atoms with Crippen molar-refractivity contribution in [2.75, 3.05) is 4.57 Å². The summed E-state index contributed by atoms with van der Waals surface area (Å²) in [5.74, 6) is 1.06. The zero-order chi connectivity index (χ0) is 18.4. The molecule has 0 fully saturated rings. The fraction of sp³-hybridized carbons (Fsp3) is 0.300. The molecule has 25 heavy (non-hydrogen) atoms. The van der Waals surface area contributed by atoms with Gasteiger partial charge in [-0.15, -0.1) is 0 Å². The minimum absolute atomic E-state index is 0.0627. The average Bonchev–Trinajstić information content (AvgIpc) is 2.57. The lowest BCUT2D eigenvalue weighted by molar-refractivity contribution is 0.111. The van der Waals surface area contributed by atoms with E-state index in [-0.39, 0.29) is 5.04 Å². The van der Waals surface area contributed by atoms with Crippen LogP contribution in [0.25, 0.3) is 0 Å². The first kappa shape index (κ1) is 17.4. The predicted molar refractivity (Wildman–Crippen MR) is 103 cm³/mol. The Balaban J connectivity index is 2.36. The summed E-state index contributed by atoms with van der Waals surface area (Å²) < 4.78 is 8.40. The van der Waals surface area contributed by atoms with Crippen molar-refractivity contribution in [3.05, 3.63) is 47.5 Å². The van der Waals surface area contributed by atoms with Crippen molar-refractivity contribution in [1.29, 1.82) is 0 Å². The number of fused-ring (bicyclic) bond motifs is 2. The van der Waals surface area contributed by atoms with Crippen molar-refractivity contribution in [3.8, 4) is 11.5 Å². The van der Waals surface area contributed by atoms with Crippen molar-refractivity contribution >= 4 is 32.2 Å². The van der Waals surface area contributed by atoms with E-state index in [4.69, 9.17) is 4.74 Å². The molecule has 4 nitrogen and oxygen atoms in total. The van der Waals surface area contributed by atoms with Crippen molar-refractivity contribution in [2.24, 2.45) is 0 Å². The largest absolute Gasteiger partial charge is 0.452 e. The Morgan fingerprint density at radius 2 is 1.32 bits per heavy atom. The van der Waals surface area contributed by atoms with Gasteiger partial charge in [-0.3, -0.25) is 9.59 Å². The molecule has 0 aromatic heterocycles. The van der Waals surface area contributed by atoms with E-state index < -0.39 is 8.24 Å². The second kappa shape index (κ2) is 5.84. The van der Waals surface area contributed by atoms with Gasteiger partial charge in [-0.2, -0.15) is 0 Å². The third-order valence-electron chi connectivity index (χ3n) is 5.38. The van der Waals surface area contributed by atoms with Crippen molar-refractivity contribution in [3.63, 3.8) is 0 Å². The van der Waals surface area contributed by atoms with Gasteiger partial charge in [0.2, 0.25) is 0 Å². The van der Waals surface area contributed by atoms with Crippen molar-refractivity contribution in [1.82, 2.24) is 0 Å². The van der Waals surface area contributed by atoms with Crippen LogP contribution in [-0.4, -0.2) is 20.8 Å². The molecule has 0 amide bonds. The summed E-state index contributed by atoms with van der Waals surface area (Å²) in [5, 5.41) is 0.0627. The number of nitrogens with zero attached hydrogens (tertiary/aromatic N) is 1. The molecule has 0 aliphatic carbocycles.